The summed E-state index contributed by atoms with van der Waals surface area (Å²) in [5, 5.41) is 0. The Hall–Kier alpha value is -1.75. The summed E-state index contributed by atoms with van der Waals surface area (Å²) in [7, 11) is -2.06. The van der Waals surface area contributed by atoms with Gasteiger partial charge in [0.1, 0.15) is 11.6 Å². The van der Waals surface area contributed by atoms with Crippen LogP contribution in [0.15, 0.2) is 12.1 Å². The maximum atomic E-state index is 14.9. The zero-order valence-corrected chi connectivity index (χ0v) is 21.8. The third-order valence-electron chi connectivity index (χ3n) is 7.29. The third-order valence-corrected chi connectivity index (χ3v) is 8.78. The number of nitrogens with one attached hydrogen (secondary N) is 1. The van der Waals surface area contributed by atoms with Crippen LogP contribution in [0.3, 0.4) is 0 Å². The molecule has 1 aromatic carbocycles. The second-order valence-electron chi connectivity index (χ2n) is 10.5. The summed E-state index contributed by atoms with van der Waals surface area (Å²) >= 11 is 0. The van der Waals surface area contributed by atoms with Crippen molar-refractivity contribution in [3.05, 3.63) is 29.1 Å². The first-order valence-corrected chi connectivity index (χ1v) is 14.2. The molecule has 1 aromatic rings. The molecule has 8 nitrogen and oxygen atoms in total. The van der Waals surface area contributed by atoms with Crippen molar-refractivity contribution in [2.75, 3.05) is 39.8 Å². The fraction of sp³-hybridized carbons (Fsp3) is 0.720. The number of hydrogen-bond donors (Lipinski definition) is 1. The van der Waals surface area contributed by atoms with Crippen molar-refractivity contribution in [3.63, 3.8) is 0 Å². The molecule has 0 bridgehead atoms. The highest BCUT2D eigenvalue weighted by Crippen LogP contribution is 2.32. The zero-order chi connectivity index (χ0) is 25.2. The van der Waals surface area contributed by atoms with Crippen LogP contribution in [-0.4, -0.2) is 75.6 Å². The minimum Gasteiger partial charge on any atom is -0.493 e. The quantitative estimate of drug-likeness (QED) is 0.548. The van der Waals surface area contributed by atoms with Crippen molar-refractivity contribution in [1.82, 2.24) is 13.9 Å². The normalized spacial score (nSPS) is 21.4. The van der Waals surface area contributed by atoms with Crippen LogP contribution in [0.2, 0.25) is 0 Å². The number of nitrogens with zero attached hydrogens (tertiary/aromatic N) is 2. The molecule has 0 atom stereocenters. The molecule has 0 unspecified atom stereocenters. The molecule has 196 valence electrons. The second-order valence-corrected chi connectivity index (χ2v) is 12.2. The predicted octanol–water partition coefficient (Wildman–Crippen LogP) is 3.29. The first kappa shape index (κ1) is 26.3. The summed E-state index contributed by atoms with van der Waals surface area (Å²) in [5.74, 6) is -0.894. The molecule has 2 saturated heterocycles. The molecule has 3 aliphatic rings. The maximum Gasteiger partial charge on any atom is 0.304 e. The van der Waals surface area contributed by atoms with E-state index in [1.165, 1.54) is 29.3 Å². The molecule has 1 amide bonds. The SMILES string of the molecule is CC(C)c1cc(C(=O)NS(=O)(=O)N2CCC(OC3CN(C)C3)CC2)c(F)cc1OCC1CCCC1. The van der Waals surface area contributed by atoms with E-state index in [0.29, 0.717) is 36.7 Å². The lowest BCUT2D eigenvalue weighted by atomic mass is 9.98. The van der Waals surface area contributed by atoms with Gasteiger partial charge in [0.15, 0.2) is 0 Å². The van der Waals surface area contributed by atoms with E-state index in [0.717, 1.165) is 25.9 Å². The van der Waals surface area contributed by atoms with Crippen molar-refractivity contribution in [2.24, 2.45) is 5.92 Å². The van der Waals surface area contributed by atoms with Crippen LogP contribution in [0.5, 0.6) is 5.75 Å². The fourth-order valence-corrected chi connectivity index (χ4v) is 6.32. The number of ether oxygens (including phenoxy) is 2. The number of likely N-dealkylation sites (N-methyl/N-ethyl adjacent to an activating group) is 1. The van der Waals surface area contributed by atoms with Gasteiger partial charge in [-0.2, -0.15) is 12.7 Å². The number of piperidine rings is 1. The topological polar surface area (TPSA) is 88.2 Å². The number of likely N-dealkylation sites (tertiary alicyclic amines) is 1. The highest BCUT2D eigenvalue weighted by atomic mass is 32.2. The van der Waals surface area contributed by atoms with Gasteiger partial charge in [-0.3, -0.25) is 4.79 Å². The summed E-state index contributed by atoms with van der Waals surface area (Å²) in [4.78, 5) is 15.0. The van der Waals surface area contributed by atoms with Gasteiger partial charge in [-0.15, -0.1) is 0 Å². The van der Waals surface area contributed by atoms with E-state index in [4.69, 9.17) is 9.47 Å². The van der Waals surface area contributed by atoms with E-state index in [1.54, 1.807) is 0 Å². The van der Waals surface area contributed by atoms with Gasteiger partial charge >= 0.3 is 10.2 Å². The molecule has 1 N–H and O–H groups in total. The first-order chi connectivity index (χ1) is 16.6. The van der Waals surface area contributed by atoms with E-state index >= 15 is 0 Å². The molecule has 2 heterocycles. The molecule has 1 aliphatic carbocycles. The van der Waals surface area contributed by atoms with Gasteiger partial charge in [-0.05, 0) is 56.2 Å². The first-order valence-electron chi connectivity index (χ1n) is 12.7. The largest absolute Gasteiger partial charge is 0.493 e. The Kier molecular flexibility index (Phi) is 8.35. The summed E-state index contributed by atoms with van der Waals surface area (Å²) < 4.78 is 55.9. The average Bonchev–Trinajstić information content (AvgIpc) is 3.30. The summed E-state index contributed by atoms with van der Waals surface area (Å²) in [6.07, 6.45) is 5.95. The van der Waals surface area contributed by atoms with E-state index in [-0.39, 0.29) is 36.8 Å². The molecule has 3 fully saturated rings. The molecule has 0 radical (unpaired) electrons. The molecule has 1 saturated carbocycles. The highest BCUT2D eigenvalue weighted by Gasteiger charge is 2.33. The zero-order valence-electron chi connectivity index (χ0n) is 21.0. The van der Waals surface area contributed by atoms with Crippen LogP contribution in [0.1, 0.15) is 74.2 Å². The number of hydrogen-bond acceptors (Lipinski definition) is 6. The number of carbonyl (C=O) groups excluding carboxylic acids is 1. The van der Waals surface area contributed by atoms with Crippen molar-refractivity contribution < 1.29 is 27.1 Å². The average molecular weight is 512 g/mol. The van der Waals surface area contributed by atoms with Crippen LogP contribution in [-0.2, 0) is 14.9 Å². The second kappa shape index (κ2) is 11.1. The van der Waals surface area contributed by atoms with Gasteiger partial charge in [0.05, 0.1) is 24.4 Å². The predicted molar refractivity (Wildman–Crippen MR) is 131 cm³/mol. The van der Waals surface area contributed by atoms with Crippen molar-refractivity contribution in [2.45, 2.75) is 70.5 Å². The molecular formula is C25H38FN3O5S. The minimum atomic E-state index is -4.09. The van der Waals surface area contributed by atoms with Gasteiger partial charge < -0.3 is 14.4 Å². The van der Waals surface area contributed by atoms with Crippen LogP contribution in [0.25, 0.3) is 0 Å². The lowest BCUT2D eigenvalue weighted by Crippen LogP contribution is -2.53. The van der Waals surface area contributed by atoms with E-state index in [2.05, 4.69) is 9.62 Å². The van der Waals surface area contributed by atoms with E-state index in [1.807, 2.05) is 20.9 Å². The number of halogens is 1. The van der Waals surface area contributed by atoms with Gasteiger partial charge in [-0.25, -0.2) is 9.11 Å². The summed E-state index contributed by atoms with van der Waals surface area (Å²) in [5.41, 5.74) is 0.393. The smallest absolute Gasteiger partial charge is 0.304 e. The minimum absolute atomic E-state index is 0.0127. The third kappa shape index (κ3) is 6.53. The fourth-order valence-electron chi connectivity index (χ4n) is 5.15. The van der Waals surface area contributed by atoms with Crippen LogP contribution in [0.4, 0.5) is 4.39 Å². The van der Waals surface area contributed by atoms with Gasteiger partial charge in [0, 0.05) is 32.2 Å². The molecule has 4 rings (SSSR count). The molecule has 0 spiro atoms. The van der Waals surface area contributed by atoms with E-state index < -0.39 is 21.9 Å². The van der Waals surface area contributed by atoms with Crippen molar-refractivity contribution in [1.29, 1.82) is 0 Å². The van der Waals surface area contributed by atoms with Crippen LogP contribution < -0.4 is 9.46 Å². The Bertz CT molecular complexity index is 999. The molecule has 10 heteroatoms. The number of carbonyl (C=O) groups is 1. The number of amides is 1. The Labute approximate surface area is 208 Å². The molecule has 35 heavy (non-hydrogen) atoms. The molecular weight excluding hydrogens is 473 g/mol. The van der Waals surface area contributed by atoms with Crippen LogP contribution in [0, 0.1) is 11.7 Å². The Morgan fingerprint density at radius 3 is 2.37 bits per heavy atom. The van der Waals surface area contributed by atoms with Crippen LogP contribution >= 0.6 is 0 Å². The Morgan fingerprint density at radius 2 is 1.77 bits per heavy atom. The van der Waals surface area contributed by atoms with Crippen molar-refractivity contribution in [3.8, 4) is 5.75 Å². The number of benzene rings is 1. The summed E-state index contributed by atoms with van der Waals surface area (Å²) in [6.45, 7) is 6.68. The lowest BCUT2D eigenvalue weighted by Gasteiger charge is -2.40. The Balaban J connectivity index is 1.37. The van der Waals surface area contributed by atoms with Gasteiger partial charge in [-0.1, -0.05) is 26.7 Å². The lowest BCUT2D eigenvalue weighted by molar-refractivity contribution is -0.0957. The standard InChI is InChI=1S/C25H38FN3O5S/c1-17(2)21-12-22(23(26)13-24(21)33-16-18-6-4-5-7-18)25(30)27-35(31,32)29-10-8-19(9-11-29)34-20-14-28(3)15-20/h12-13,17-20H,4-11,14-16H2,1-3H3,(H,27,30). The van der Waals surface area contributed by atoms with Crippen molar-refractivity contribution >= 4 is 16.1 Å². The van der Waals surface area contributed by atoms with E-state index in [9.17, 15) is 17.6 Å². The maximum absolute atomic E-state index is 14.9. The molecule has 0 aromatic heterocycles. The van der Waals surface area contributed by atoms with Gasteiger partial charge in [0.25, 0.3) is 5.91 Å². The highest BCUT2D eigenvalue weighted by molar-refractivity contribution is 7.87. The summed E-state index contributed by atoms with van der Waals surface area (Å²) in [6, 6.07) is 2.64. The monoisotopic (exact) mass is 511 g/mol. The number of rotatable bonds is 9. The van der Waals surface area contributed by atoms with Gasteiger partial charge in [0.2, 0.25) is 0 Å². The Morgan fingerprint density at radius 1 is 1.11 bits per heavy atom. The molecule has 2 aliphatic heterocycles.